The van der Waals surface area contributed by atoms with E-state index in [1.165, 1.54) is 0 Å². The maximum Gasteiger partial charge on any atom is 0.151 e. The largest absolute Gasteiger partial charge is 0.496 e. The first-order chi connectivity index (χ1) is 8.65. The van der Waals surface area contributed by atoms with Gasteiger partial charge in [-0.15, -0.1) is 0 Å². The molecule has 0 spiro atoms. The van der Waals surface area contributed by atoms with Gasteiger partial charge in [0.05, 0.1) is 7.11 Å². The van der Waals surface area contributed by atoms with Crippen LogP contribution in [0.2, 0.25) is 0 Å². The van der Waals surface area contributed by atoms with Gasteiger partial charge in [0.2, 0.25) is 0 Å². The molecule has 0 saturated heterocycles. The Morgan fingerprint density at radius 2 is 1.72 bits per heavy atom. The van der Waals surface area contributed by atoms with E-state index in [1.807, 2.05) is 32.0 Å². The van der Waals surface area contributed by atoms with Crippen molar-refractivity contribution in [3.05, 3.63) is 47.3 Å². The number of methoxy groups -OCH3 is 1. The Labute approximate surface area is 106 Å². The van der Waals surface area contributed by atoms with Crippen molar-refractivity contribution < 1.29 is 9.53 Å². The molecule has 0 aliphatic heterocycles. The van der Waals surface area contributed by atoms with Crippen molar-refractivity contribution in [1.29, 1.82) is 0 Å². The Balaban J connectivity index is 2.54. The van der Waals surface area contributed by atoms with Crippen LogP contribution in [-0.4, -0.2) is 18.4 Å². The van der Waals surface area contributed by atoms with Crippen LogP contribution in [0.3, 0.4) is 0 Å². The van der Waals surface area contributed by atoms with Crippen molar-refractivity contribution in [2.24, 2.45) is 0 Å². The average molecular weight is 241 g/mol. The second kappa shape index (κ2) is 5.00. The van der Waals surface area contributed by atoms with E-state index >= 15 is 0 Å². The zero-order valence-corrected chi connectivity index (χ0v) is 10.7. The minimum atomic E-state index is 0.582. The van der Waals surface area contributed by atoms with E-state index in [1.54, 1.807) is 19.5 Å². The number of aryl methyl sites for hydroxylation is 2. The first-order valence-electron chi connectivity index (χ1n) is 5.71. The molecule has 0 bridgehead atoms. The number of benzene rings is 1. The smallest absolute Gasteiger partial charge is 0.151 e. The van der Waals surface area contributed by atoms with Gasteiger partial charge in [0, 0.05) is 23.5 Å². The van der Waals surface area contributed by atoms with Gasteiger partial charge < -0.3 is 4.74 Å². The summed E-state index contributed by atoms with van der Waals surface area (Å²) in [5.41, 5.74) is 4.71. The van der Waals surface area contributed by atoms with Crippen molar-refractivity contribution in [3.8, 4) is 16.9 Å². The SMILES string of the molecule is COc1c(C)cc(-c2cncc(C=O)c2)cc1C. The topological polar surface area (TPSA) is 39.2 Å². The number of rotatable bonds is 3. The number of carbonyl (C=O) groups is 1. The zero-order valence-electron chi connectivity index (χ0n) is 10.7. The van der Waals surface area contributed by atoms with E-state index in [0.29, 0.717) is 5.56 Å². The summed E-state index contributed by atoms with van der Waals surface area (Å²) in [6.07, 6.45) is 4.12. The number of hydrogen-bond donors (Lipinski definition) is 0. The highest BCUT2D eigenvalue weighted by Gasteiger charge is 2.07. The predicted octanol–water partition coefficient (Wildman–Crippen LogP) is 3.19. The van der Waals surface area contributed by atoms with Gasteiger partial charge in [0.15, 0.2) is 6.29 Å². The standard InChI is InChI=1S/C15H15NO2/c1-10-4-13(5-11(2)15(10)18-3)14-6-12(9-17)7-16-8-14/h4-9H,1-3H3. The number of carbonyl (C=O) groups excluding carboxylic acids is 1. The summed E-state index contributed by atoms with van der Waals surface area (Å²) in [5.74, 6) is 0.901. The molecule has 0 amide bonds. The molecule has 2 aromatic rings. The first-order valence-corrected chi connectivity index (χ1v) is 5.71. The summed E-state index contributed by atoms with van der Waals surface area (Å²) in [4.78, 5) is 14.8. The van der Waals surface area contributed by atoms with Crippen LogP contribution in [-0.2, 0) is 0 Å². The molecule has 3 nitrogen and oxygen atoms in total. The summed E-state index contributed by atoms with van der Waals surface area (Å²) in [7, 11) is 1.67. The molecule has 0 atom stereocenters. The van der Waals surface area contributed by atoms with Crippen LogP contribution in [0.1, 0.15) is 21.5 Å². The number of pyridine rings is 1. The van der Waals surface area contributed by atoms with Crippen LogP contribution < -0.4 is 4.74 Å². The molecule has 0 unspecified atom stereocenters. The number of aldehydes is 1. The number of hydrogen-bond acceptors (Lipinski definition) is 3. The fourth-order valence-corrected chi connectivity index (χ4v) is 2.12. The van der Waals surface area contributed by atoms with Crippen molar-refractivity contribution in [1.82, 2.24) is 4.98 Å². The van der Waals surface area contributed by atoms with Gasteiger partial charge in [-0.05, 0) is 48.7 Å². The summed E-state index contributed by atoms with van der Waals surface area (Å²) in [6.45, 7) is 4.01. The highest BCUT2D eigenvalue weighted by Crippen LogP contribution is 2.29. The van der Waals surface area contributed by atoms with Crippen molar-refractivity contribution in [3.63, 3.8) is 0 Å². The lowest BCUT2D eigenvalue weighted by molar-refractivity contribution is 0.112. The molecule has 0 fully saturated rings. The normalized spacial score (nSPS) is 10.2. The van der Waals surface area contributed by atoms with Gasteiger partial charge in [0.25, 0.3) is 0 Å². The molecule has 0 aliphatic carbocycles. The van der Waals surface area contributed by atoms with E-state index in [9.17, 15) is 4.79 Å². The molecule has 0 radical (unpaired) electrons. The van der Waals surface area contributed by atoms with Gasteiger partial charge in [-0.2, -0.15) is 0 Å². The van der Waals surface area contributed by atoms with E-state index < -0.39 is 0 Å². The highest BCUT2D eigenvalue weighted by molar-refractivity contribution is 5.78. The van der Waals surface area contributed by atoms with Crippen LogP contribution in [0.4, 0.5) is 0 Å². The molecule has 1 aromatic heterocycles. The number of nitrogens with zero attached hydrogens (tertiary/aromatic N) is 1. The molecule has 0 N–H and O–H groups in total. The van der Waals surface area contributed by atoms with Gasteiger partial charge >= 0.3 is 0 Å². The Morgan fingerprint density at radius 3 is 2.28 bits per heavy atom. The quantitative estimate of drug-likeness (QED) is 0.775. The fraction of sp³-hybridized carbons (Fsp3) is 0.200. The van der Waals surface area contributed by atoms with Crippen LogP contribution in [0, 0.1) is 13.8 Å². The summed E-state index contributed by atoms with van der Waals surface area (Å²) >= 11 is 0. The second-order valence-electron chi connectivity index (χ2n) is 4.27. The lowest BCUT2D eigenvalue weighted by atomic mass is 10.00. The maximum atomic E-state index is 10.8. The molecule has 1 heterocycles. The summed E-state index contributed by atoms with van der Waals surface area (Å²) < 4.78 is 5.34. The van der Waals surface area contributed by atoms with Crippen molar-refractivity contribution in [2.45, 2.75) is 13.8 Å². The van der Waals surface area contributed by atoms with Crippen LogP contribution in [0.5, 0.6) is 5.75 Å². The third-order valence-corrected chi connectivity index (χ3v) is 2.89. The lowest BCUT2D eigenvalue weighted by Gasteiger charge is -2.11. The zero-order chi connectivity index (χ0) is 13.1. The maximum absolute atomic E-state index is 10.8. The second-order valence-corrected chi connectivity index (χ2v) is 4.27. The molecule has 3 heteroatoms. The Hall–Kier alpha value is -2.16. The Morgan fingerprint density at radius 1 is 1.06 bits per heavy atom. The van der Waals surface area contributed by atoms with E-state index in [-0.39, 0.29) is 0 Å². The lowest BCUT2D eigenvalue weighted by Crippen LogP contribution is -1.93. The molecule has 1 aromatic carbocycles. The molecular formula is C15H15NO2. The molecule has 18 heavy (non-hydrogen) atoms. The molecule has 0 saturated carbocycles. The van der Waals surface area contributed by atoms with Crippen LogP contribution in [0.25, 0.3) is 11.1 Å². The highest BCUT2D eigenvalue weighted by atomic mass is 16.5. The summed E-state index contributed by atoms with van der Waals surface area (Å²) in [6, 6.07) is 5.91. The minimum absolute atomic E-state index is 0.582. The number of aromatic nitrogens is 1. The van der Waals surface area contributed by atoms with E-state index in [4.69, 9.17) is 4.74 Å². The Bertz CT molecular complexity index is 568. The summed E-state index contributed by atoms with van der Waals surface area (Å²) in [5, 5.41) is 0. The fourth-order valence-electron chi connectivity index (χ4n) is 2.12. The van der Waals surface area contributed by atoms with Gasteiger partial charge in [-0.3, -0.25) is 9.78 Å². The third-order valence-electron chi connectivity index (χ3n) is 2.89. The first kappa shape index (κ1) is 12.3. The average Bonchev–Trinajstić information content (AvgIpc) is 2.38. The van der Waals surface area contributed by atoms with Gasteiger partial charge in [-0.25, -0.2) is 0 Å². The van der Waals surface area contributed by atoms with Gasteiger partial charge in [0.1, 0.15) is 5.75 Å². The van der Waals surface area contributed by atoms with Crippen LogP contribution >= 0.6 is 0 Å². The van der Waals surface area contributed by atoms with Crippen molar-refractivity contribution in [2.75, 3.05) is 7.11 Å². The molecule has 92 valence electrons. The van der Waals surface area contributed by atoms with Crippen LogP contribution in [0.15, 0.2) is 30.6 Å². The molecule has 0 aliphatic rings. The van der Waals surface area contributed by atoms with E-state index in [2.05, 4.69) is 4.98 Å². The Kier molecular flexibility index (Phi) is 3.42. The minimum Gasteiger partial charge on any atom is -0.496 e. The van der Waals surface area contributed by atoms with Crippen molar-refractivity contribution >= 4 is 6.29 Å². The van der Waals surface area contributed by atoms with Gasteiger partial charge in [-0.1, -0.05) is 0 Å². The third kappa shape index (κ3) is 2.25. The molecule has 2 rings (SSSR count). The molecular weight excluding hydrogens is 226 g/mol. The predicted molar refractivity (Wildman–Crippen MR) is 71.1 cm³/mol. The monoisotopic (exact) mass is 241 g/mol. The number of ether oxygens (including phenoxy) is 1. The van der Waals surface area contributed by atoms with E-state index in [0.717, 1.165) is 34.3 Å².